The zero-order valence-corrected chi connectivity index (χ0v) is 9.34. The molecule has 0 saturated heterocycles. The molecule has 0 bridgehead atoms. The van der Waals surface area contributed by atoms with Crippen LogP contribution in [0.1, 0.15) is 18.4 Å². The molecular formula is C10H14N2O2S. The van der Waals surface area contributed by atoms with E-state index >= 15 is 0 Å². The van der Waals surface area contributed by atoms with Gasteiger partial charge in [-0.2, -0.15) is 0 Å². The van der Waals surface area contributed by atoms with Gasteiger partial charge in [-0.25, -0.2) is 8.42 Å². The topological polar surface area (TPSA) is 72.2 Å². The molecule has 0 aliphatic heterocycles. The van der Waals surface area contributed by atoms with Crippen LogP contribution in [-0.2, 0) is 15.6 Å². The van der Waals surface area contributed by atoms with Crippen LogP contribution in [0.15, 0.2) is 24.3 Å². The van der Waals surface area contributed by atoms with E-state index in [4.69, 9.17) is 5.73 Å². The van der Waals surface area contributed by atoms with Crippen molar-refractivity contribution in [2.24, 2.45) is 5.73 Å². The molecule has 0 amide bonds. The van der Waals surface area contributed by atoms with Gasteiger partial charge in [-0.1, -0.05) is 12.1 Å². The molecule has 0 unspecified atom stereocenters. The van der Waals surface area contributed by atoms with Crippen LogP contribution < -0.4 is 10.5 Å². The predicted molar refractivity (Wildman–Crippen MR) is 60.0 cm³/mol. The summed E-state index contributed by atoms with van der Waals surface area (Å²) in [5.74, 6) is 0. The first kappa shape index (κ1) is 10.4. The summed E-state index contributed by atoms with van der Waals surface area (Å²) < 4.78 is 24.5. The van der Waals surface area contributed by atoms with Gasteiger partial charge in [0, 0.05) is 11.2 Å². The van der Waals surface area contributed by atoms with E-state index in [0.717, 1.165) is 24.7 Å². The summed E-state index contributed by atoms with van der Waals surface area (Å²) in [5.41, 5.74) is 7.37. The van der Waals surface area contributed by atoms with Gasteiger partial charge in [0.2, 0.25) is 10.0 Å². The molecule has 2 rings (SSSR count). The average molecular weight is 226 g/mol. The fraction of sp³-hybridized carbons (Fsp3) is 0.400. The first-order valence-electron chi connectivity index (χ1n) is 4.76. The molecule has 1 saturated carbocycles. The van der Waals surface area contributed by atoms with E-state index in [1.54, 1.807) is 12.1 Å². The average Bonchev–Trinajstić information content (AvgIpc) is 2.82. The Morgan fingerprint density at radius 2 is 2.07 bits per heavy atom. The van der Waals surface area contributed by atoms with Crippen LogP contribution in [0, 0.1) is 0 Å². The molecule has 0 atom stereocenters. The summed E-state index contributed by atoms with van der Waals surface area (Å²) >= 11 is 0. The molecule has 0 heterocycles. The largest absolute Gasteiger partial charge is 0.321 e. The van der Waals surface area contributed by atoms with Gasteiger partial charge in [0.15, 0.2) is 0 Å². The highest BCUT2D eigenvalue weighted by Gasteiger charge is 2.39. The van der Waals surface area contributed by atoms with Crippen molar-refractivity contribution >= 4 is 15.7 Å². The van der Waals surface area contributed by atoms with Crippen molar-refractivity contribution in [1.29, 1.82) is 0 Å². The predicted octanol–water partition coefficient (Wildman–Crippen LogP) is 1.01. The van der Waals surface area contributed by atoms with Crippen molar-refractivity contribution in [2.75, 3.05) is 11.0 Å². The number of hydrogen-bond acceptors (Lipinski definition) is 3. The van der Waals surface area contributed by atoms with Crippen molar-refractivity contribution in [3.8, 4) is 0 Å². The third kappa shape index (κ3) is 2.49. The van der Waals surface area contributed by atoms with Crippen LogP contribution in [-0.4, -0.2) is 14.7 Å². The molecule has 82 valence electrons. The molecule has 1 aromatic rings. The minimum Gasteiger partial charge on any atom is -0.321 e. The molecule has 3 N–H and O–H groups in total. The van der Waals surface area contributed by atoms with Crippen molar-refractivity contribution in [3.63, 3.8) is 0 Å². The fourth-order valence-electron chi connectivity index (χ4n) is 1.53. The molecular weight excluding hydrogens is 212 g/mol. The Hall–Kier alpha value is -1.07. The number of nitrogens with one attached hydrogen (secondary N) is 1. The van der Waals surface area contributed by atoms with E-state index in [0.29, 0.717) is 5.69 Å². The molecule has 4 nitrogen and oxygen atoms in total. The number of benzene rings is 1. The van der Waals surface area contributed by atoms with Gasteiger partial charge in [-0.3, -0.25) is 4.72 Å². The van der Waals surface area contributed by atoms with E-state index in [1.165, 1.54) is 0 Å². The Bertz CT molecular complexity index is 478. The molecule has 1 aliphatic rings. The first-order chi connectivity index (χ1) is 6.89. The number of anilines is 1. The van der Waals surface area contributed by atoms with Gasteiger partial charge >= 0.3 is 0 Å². The Morgan fingerprint density at radius 3 is 2.60 bits per heavy atom. The maximum atomic E-state index is 11.0. The molecule has 15 heavy (non-hydrogen) atoms. The highest BCUT2D eigenvalue weighted by Crippen LogP contribution is 2.43. The molecule has 1 aliphatic carbocycles. The quantitative estimate of drug-likeness (QED) is 0.807. The van der Waals surface area contributed by atoms with E-state index < -0.39 is 10.0 Å². The summed E-state index contributed by atoms with van der Waals surface area (Å²) in [7, 11) is -3.21. The molecule has 5 heteroatoms. The van der Waals surface area contributed by atoms with Crippen molar-refractivity contribution in [2.45, 2.75) is 18.4 Å². The smallest absolute Gasteiger partial charge is 0.229 e. The van der Waals surface area contributed by atoms with Crippen LogP contribution in [0.3, 0.4) is 0 Å². The van der Waals surface area contributed by atoms with E-state index in [-0.39, 0.29) is 5.54 Å². The maximum absolute atomic E-state index is 11.0. The number of hydrogen-bond donors (Lipinski definition) is 2. The summed E-state index contributed by atoms with van der Waals surface area (Å²) in [6, 6.07) is 7.26. The Kier molecular flexibility index (Phi) is 2.24. The Labute approximate surface area is 89.5 Å². The minimum absolute atomic E-state index is 0.227. The first-order valence-corrected chi connectivity index (χ1v) is 6.65. The number of rotatable bonds is 3. The summed E-state index contributed by atoms with van der Waals surface area (Å²) in [6.45, 7) is 0. The lowest BCUT2D eigenvalue weighted by molar-refractivity contribution is 0.607. The van der Waals surface area contributed by atoms with Crippen LogP contribution in [0.5, 0.6) is 0 Å². The summed E-state index contributed by atoms with van der Waals surface area (Å²) in [6.07, 6.45) is 3.07. The van der Waals surface area contributed by atoms with Gasteiger partial charge in [0.1, 0.15) is 0 Å². The van der Waals surface area contributed by atoms with Gasteiger partial charge in [0.05, 0.1) is 6.26 Å². The van der Waals surface area contributed by atoms with Crippen LogP contribution in [0.4, 0.5) is 5.69 Å². The van der Waals surface area contributed by atoms with Crippen LogP contribution in [0.25, 0.3) is 0 Å². The highest BCUT2D eigenvalue weighted by atomic mass is 32.2. The van der Waals surface area contributed by atoms with E-state index in [2.05, 4.69) is 4.72 Å². The SMILES string of the molecule is CS(=O)(=O)Nc1cccc(C2(N)CC2)c1. The second-order valence-electron chi connectivity index (χ2n) is 4.11. The van der Waals surface area contributed by atoms with E-state index in [1.807, 2.05) is 12.1 Å². The van der Waals surface area contributed by atoms with Gasteiger partial charge in [-0.15, -0.1) is 0 Å². The van der Waals surface area contributed by atoms with Gasteiger partial charge in [-0.05, 0) is 30.5 Å². The normalized spacial score (nSPS) is 18.5. The van der Waals surface area contributed by atoms with Gasteiger partial charge in [0.25, 0.3) is 0 Å². The van der Waals surface area contributed by atoms with Crippen molar-refractivity contribution < 1.29 is 8.42 Å². The Morgan fingerprint density at radius 1 is 1.40 bits per heavy atom. The molecule has 1 fully saturated rings. The zero-order chi connectivity index (χ0) is 11.1. The molecule has 1 aromatic carbocycles. The third-order valence-corrected chi connectivity index (χ3v) is 3.14. The number of sulfonamides is 1. The molecule has 0 radical (unpaired) electrons. The van der Waals surface area contributed by atoms with Crippen LogP contribution >= 0.6 is 0 Å². The number of nitrogens with two attached hydrogens (primary N) is 1. The van der Waals surface area contributed by atoms with Gasteiger partial charge < -0.3 is 5.73 Å². The second-order valence-corrected chi connectivity index (χ2v) is 5.86. The standard InChI is InChI=1S/C10H14N2O2S/c1-15(13,14)12-9-4-2-3-8(7-9)10(11)5-6-10/h2-4,7,12H,5-6,11H2,1H3. The lowest BCUT2D eigenvalue weighted by Crippen LogP contribution is -2.19. The molecule has 0 aromatic heterocycles. The second kappa shape index (κ2) is 3.21. The maximum Gasteiger partial charge on any atom is 0.229 e. The Balaban J connectivity index is 2.27. The summed E-state index contributed by atoms with van der Waals surface area (Å²) in [4.78, 5) is 0. The summed E-state index contributed by atoms with van der Waals surface area (Å²) in [5, 5.41) is 0. The van der Waals surface area contributed by atoms with Crippen LogP contribution in [0.2, 0.25) is 0 Å². The fourth-order valence-corrected chi connectivity index (χ4v) is 2.08. The third-order valence-electron chi connectivity index (χ3n) is 2.53. The highest BCUT2D eigenvalue weighted by molar-refractivity contribution is 7.92. The van der Waals surface area contributed by atoms with Crippen molar-refractivity contribution in [1.82, 2.24) is 0 Å². The van der Waals surface area contributed by atoms with E-state index in [9.17, 15) is 8.42 Å². The minimum atomic E-state index is -3.21. The zero-order valence-electron chi connectivity index (χ0n) is 8.53. The van der Waals surface area contributed by atoms with Crippen molar-refractivity contribution in [3.05, 3.63) is 29.8 Å². The molecule has 0 spiro atoms. The lowest BCUT2D eigenvalue weighted by Gasteiger charge is -2.11. The monoisotopic (exact) mass is 226 g/mol. The lowest BCUT2D eigenvalue weighted by atomic mass is 10.1.